The van der Waals surface area contributed by atoms with E-state index < -0.39 is 15.8 Å². The zero-order chi connectivity index (χ0) is 15.5. The summed E-state index contributed by atoms with van der Waals surface area (Å²) in [5.41, 5.74) is 0.890. The fourth-order valence-electron chi connectivity index (χ4n) is 3.43. The summed E-state index contributed by atoms with van der Waals surface area (Å²) < 4.78 is 33.6. The molecule has 0 amide bonds. The van der Waals surface area contributed by atoms with Crippen molar-refractivity contribution in [2.75, 3.05) is 26.2 Å². The molecule has 23 heavy (non-hydrogen) atoms. The van der Waals surface area contributed by atoms with Crippen LogP contribution in [-0.4, -0.2) is 43.5 Å². The second-order valence-corrected chi connectivity index (χ2v) is 7.99. The lowest BCUT2D eigenvalue weighted by atomic mass is 10.0. The second-order valence-electron chi connectivity index (χ2n) is 6.06. The number of halogens is 1. The molecule has 1 aromatic heterocycles. The highest BCUT2D eigenvalue weighted by molar-refractivity contribution is 7.89. The number of hydrogen-bond acceptors (Lipinski definition) is 5. The molecule has 0 saturated carbocycles. The van der Waals surface area contributed by atoms with Gasteiger partial charge in [0.1, 0.15) is 0 Å². The lowest BCUT2D eigenvalue weighted by Gasteiger charge is -2.17. The van der Waals surface area contributed by atoms with Crippen molar-refractivity contribution in [3.05, 3.63) is 28.7 Å². The Balaban J connectivity index is 0.00000156. The molecule has 126 valence electrons. The quantitative estimate of drug-likeness (QED) is 0.838. The third kappa shape index (κ3) is 2.50. The van der Waals surface area contributed by atoms with Crippen molar-refractivity contribution in [3.8, 4) is 0 Å². The Kier molecular flexibility index (Phi) is 4.04. The van der Waals surface area contributed by atoms with Crippen LogP contribution in [-0.2, 0) is 17.1 Å². The molecule has 1 N–H and O–H groups in total. The van der Waals surface area contributed by atoms with Gasteiger partial charge < -0.3 is 9.73 Å². The standard InChI is InChI=1S/C14H17N3O4S.ClH/c1-16-12-3-2-11(4-13(12)21-14(16)18)22(19,20)17-7-9-5-15-6-10(9)8-17;/h2-4,9-10,15H,5-8H2,1H3;1H/t9-,10+;. The molecule has 0 aliphatic carbocycles. The molecule has 7 nitrogen and oxygen atoms in total. The largest absolute Gasteiger partial charge is 0.419 e. The molecule has 2 aliphatic rings. The van der Waals surface area contributed by atoms with Gasteiger partial charge in [0.25, 0.3) is 0 Å². The topological polar surface area (TPSA) is 84.5 Å². The number of nitrogens with zero attached hydrogens (tertiary/aromatic N) is 2. The highest BCUT2D eigenvalue weighted by Gasteiger charge is 2.41. The van der Waals surface area contributed by atoms with E-state index in [9.17, 15) is 13.2 Å². The first-order valence-corrected chi connectivity index (χ1v) is 8.71. The van der Waals surface area contributed by atoms with Crippen molar-refractivity contribution in [2.45, 2.75) is 4.90 Å². The Bertz CT molecular complexity index is 892. The molecular weight excluding hydrogens is 342 g/mol. The molecule has 2 saturated heterocycles. The number of aryl methyl sites for hydroxylation is 1. The zero-order valence-electron chi connectivity index (χ0n) is 12.6. The van der Waals surface area contributed by atoms with Crippen molar-refractivity contribution in [2.24, 2.45) is 18.9 Å². The number of oxazole rings is 1. The third-order valence-electron chi connectivity index (χ3n) is 4.76. The summed E-state index contributed by atoms with van der Waals surface area (Å²) in [7, 11) is -1.95. The van der Waals surface area contributed by atoms with Crippen molar-refractivity contribution >= 4 is 33.5 Å². The predicted octanol–water partition coefficient (Wildman–Crippen LogP) is 0.393. The number of hydrogen-bond donors (Lipinski definition) is 1. The number of nitrogens with one attached hydrogen (secondary N) is 1. The van der Waals surface area contributed by atoms with Gasteiger partial charge in [-0.05, 0) is 37.1 Å². The number of fused-ring (bicyclic) bond motifs is 2. The average molecular weight is 360 g/mol. The number of sulfonamides is 1. The van der Waals surface area contributed by atoms with Gasteiger partial charge in [0.2, 0.25) is 10.0 Å². The molecule has 2 aromatic rings. The van der Waals surface area contributed by atoms with E-state index in [2.05, 4.69) is 5.32 Å². The van der Waals surface area contributed by atoms with E-state index in [1.807, 2.05) is 0 Å². The zero-order valence-corrected chi connectivity index (χ0v) is 14.2. The van der Waals surface area contributed by atoms with Gasteiger partial charge in [-0.3, -0.25) is 4.57 Å². The Morgan fingerprint density at radius 2 is 1.87 bits per heavy atom. The minimum Gasteiger partial charge on any atom is -0.408 e. The van der Waals surface area contributed by atoms with E-state index >= 15 is 0 Å². The van der Waals surface area contributed by atoms with Crippen LogP contribution in [0.15, 0.2) is 32.3 Å². The van der Waals surface area contributed by atoms with E-state index in [1.165, 1.54) is 10.6 Å². The second kappa shape index (κ2) is 5.62. The first-order valence-electron chi connectivity index (χ1n) is 7.27. The first-order chi connectivity index (χ1) is 10.5. The van der Waals surface area contributed by atoms with Gasteiger partial charge in [-0.15, -0.1) is 12.4 Å². The fraction of sp³-hybridized carbons (Fsp3) is 0.500. The van der Waals surface area contributed by atoms with Crippen molar-refractivity contribution in [3.63, 3.8) is 0 Å². The van der Waals surface area contributed by atoms with Crippen LogP contribution in [0.5, 0.6) is 0 Å². The summed E-state index contributed by atoms with van der Waals surface area (Å²) in [6.45, 7) is 2.86. The predicted molar refractivity (Wildman–Crippen MR) is 87.3 cm³/mol. The lowest BCUT2D eigenvalue weighted by molar-refractivity contribution is 0.448. The molecule has 2 fully saturated rings. The van der Waals surface area contributed by atoms with Gasteiger partial charge >= 0.3 is 5.76 Å². The van der Waals surface area contributed by atoms with Crippen molar-refractivity contribution in [1.82, 2.24) is 14.2 Å². The van der Waals surface area contributed by atoms with Crippen LogP contribution in [0.2, 0.25) is 0 Å². The molecule has 0 radical (unpaired) electrons. The molecule has 1 aromatic carbocycles. The Morgan fingerprint density at radius 1 is 1.22 bits per heavy atom. The van der Waals surface area contributed by atoms with Crippen LogP contribution < -0.4 is 11.1 Å². The molecule has 9 heteroatoms. The van der Waals surface area contributed by atoms with Gasteiger partial charge in [0.15, 0.2) is 5.58 Å². The van der Waals surface area contributed by atoms with E-state index in [-0.39, 0.29) is 17.3 Å². The summed E-state index contributed by atoms with van der Waals surface area (Å²) in [5.74, 6) is 0.299. The minimum atomic E-state index is -3.54. The number of aromatic nitrogens is 1. The van der Waals surface area contributed by atoms with Gasteiger partial charge in [-0.25, -0.2) is 13.2 Å². The van der Waals surface area contributed by atoms with Crippen molar-refractivity contribution in [1.29, 1.82) is 0 Å². The third-order valence-corrected chi connectivity index (χ3v) is 6.59. The molecule has 4 rings (SSSR count). The van der Waals surface area contributed by atoms with Gasteiger partial charge in [0, 0.05) is 26.2 Å². The number of benzene rings is 1. The Morgan fingerprint density at radius 3 is 2.52 bits per heavy atom. The van der Waals surface area contributed by atoms with Crippen LogP contribution >= 0.6 is 12.4 Å². The van der Waals surface area contributed by atoms with Crippen LogP contribution in [0.4, 0.5) is 0 Å². The molecule has 0 bridgehead atoms. The van der Waals surface area contributed by atoms with Crippen LogP contribution in [0.3, 0.4) is 0 Å². The van der Waals surface area contributed by atoms with Gasteiger partial charge in [0.05, 0.1) is 10.4 Å². The summed E-state index contributed by atoms with van der Waals surface area (Å²) >= 11 is 0. The molecule has 2 atom stereocenters. The SMILES string of the molecule is Cl.Cn1c(=O)oc2cc(S(=O)(=O)N3C[C@H]4CNC[C@H]4C3)ccc21. The Labute approximate surface area is 139 Å². The highest BCUT2D eigenvalue weighted by atomic mass is 35.5. The molecule has 3 heterocycles. The summed E-state index contributed by atoms with van der Waals surface area (Å²) in [6.07, 6.45) is 0. The monoisotopic (exact) mass is 359 g/mol. The highest BCUT2D eigenvalue weighted by Crippen LogP contribution is 2.31. The molecular formula is C14H18ClN3O4S. The summed E-state index contributed by atoms with van der Waals surface area (Å²) in [6, 6.07) is 4.60. The van der Waals surface area contributed by atoms with E-state index in [4.69, 9.17) is 4.42 Å². The maximum atomic E-state index is 12.8. The van der Waals surface area contributed by atoms with E-state index in [0.29, 0.717) is 36.0 Å². The summed E-state index contributed by atoms with van der Waals surface area (Å²) in [5, 5.41) is 3.30. The first kappa shape index (κ1) is 16.5. The van der Waals surface area contributed by atoms with Crippen molar-refractivity contribution < 1.29 is 12.8 Å². The van der Waals surface area contributed by atoms with Crippen LogP contribution in [0.1, 0.15) is 0 Å². The van der Waals surface area contributed by atoms with Gasteiger partial charge in [-0.2, -0.15) is 4.31 Å². The molecule has 2 aliphatic heterocycles. The van der Waals surface area contributed by atoms with Gasteiger partial charge in [-0.1, -0.05) is 0 Å². The minimum absolute atomic E-state index is 0. The fourth-order valence-corrected chi connectivity index (χ4v) is 5.00. The molecule has 0 unspecified atom stereocenters. The lowest BCUT2D eigenvalue weighted by Crippen LogP contribution is -2.31. The molecule has 0 spiro atoms. The maximum Gasteiger partial charge on any atom is 0.419 e. The van der Waals surface area contributed by atoms with E-state index in [0.717, 1.165) is 13.1 Å². The average Bonchev–Trinajstić information content (AvgIpc) is 3.13. The van der Waals surface area contributed by atoms with Crippen LogP contribution in [0, 0.1) is 11.8 Å². The normalized spacial score (nSPS) is 24.7. The van der Waals surface area contributed by atoms with Crippen LogP contribution in [0.25, 0.3) is 11.1 Å². The Hall–Kier alpha value is -1.35. The maximum absolute atomic E-state index is 12.8. The van der Waals surface area contributed by atoms with E-state index in [1.54, 1.807) is 23.5 Å². The number of rotatable bonds is 2. The summed E-state index contributed by atoms with van der Waals surface area (Å²) in [4.78, 5) is 11.7. The smallest absolute Gasteiger partial charge is 0.408 e.